The number of ketones is 1. The zero-order chi connectivity index (χ0) is 28.1. The minimum Gasteiger partial charge on any atom is -0.478 e. The summed E-state index contributed by atoms with van der Waals surface area (Å²) in [6.45, 7) is 14.4. The van der Waals surface area contributed by atoms with Gasteiger partial charge in [0.05, 0.1) is 18.1 Å². The Bertz CT molecular complexity index is 1120. The van der Waals surface area contributed by atoms with Crippen molar-refractivity contribution in [3.8, 4) is 0 Å². The second-order valence-corrected chi connectivity index (χ2v) is 14.6. The monoisotopic (exact) mass is 528 g/mol. The molecule has 5 aliphatic rings. The number of carboxylic acids is 1. The van der Waals surface area contributed by atoms with Crippen molar-refractivity contribution in [2.24, 2.45) is 56.7 Å². The number of hydrogen-bond acceptors (Lipinski definition) is 4. The Labute approximate surface area is 226 Å². The fourth-order valence-corrected chi connectivity index (χ4v) is 11.4. The highest BCUT2D eigenvalue weighted by Gasteiger charge is 2.72. The number of carbonyl (C=O) groups is 3. The molecule has 0 aromatic rings. The smallest absolute Gasteiger partial charge is 0.339 e. The fourth-order valence-electron chi connectivity index (χ4n) is 11.4. The van der Waals surface area contributed by atoms with E-state index in [0.717, 1.165) is 51.4 Å². The Balaban J connectivity index is 1.62. The van der Waals surface area contributed by atoms with E-state index in [2.05, 4.69) is 27.4 Å². The standard InChI is InChI=1S/C32H45FO5/c1-18(17-33)19-10-13-32(27(37)38-7)15-14-30(5)21(24(19)32)8-9-23-29(4)16-20(26(35)36)25(34)28(2,3)22(29)11-12-31(23,30)6/h16,19,21-24H,1,8-15,17H2,2-7H3,(H,35,36)/t19-,21?,22-,23+,24+,29-,30+,31+,32-/m0/s1. The third-order valence-electron chi connectivity index (χ3n) is 13.3. The molecule has 0 amide bonds. The van der Waals surface area contributed by atoms with E-state index in [-0.39, 0.29) is 57.7 Å². The summed E-state index contributed by atoms with van der Waals surface area (Å²) in [6.07, 6.45) is 8.58. The van der Waals surface area contributed by atoms with E-state index in [1.54, 1.807) is 0 Å². The molecule has 1 N–H and O–H groups in total. The van der Waals surface area contributed by atoms with Crippen molar-refractivity contribution < 1.29 is 28.6 Å². The van der Waals surface area contributed by atoms with E-state index < -0.39 is 28.9 Å². The van der Waals surface area contributed by atoms with Gasteiger partial charge in [0, 0.05) is 5.41 Å². The maximum atomic E-state index is 14.0. The molecule has 0 aromatic heterocycles. The predicted molar refractivity (Wildman–Crippen MR) is 143 cm³/mol. The maximum Gasteiger partial charge on any atom is 0.339 e. The van der Waals surface area contributed by atoms with Crippen molar-refractivity contribution in [3.63, 3.8) is 0 Å². The largest absolute Gasteiger partial charge is 0.478 e. The van der Waals surface area contributed by atoms with Crippen LogP contribution in [0.15, 0.2) is 23.8 Å². The summed E-state index contributed by atoms with van der Waals surface area (Å²) in [5.74, 6) is -1.03. The zero-order valence-corrected chi connectivity index (χ0v) is 24.0. The van der Waals surface area contributed by atoms with Crippen LogP contribution in [0.4, 0.5) is 4.39 Å². The van der Waals surface area contributed by atoms with Crippen LogP contribution in [0.3, 0.4) is 0 Å². The minimum atomic E-state index is -1.13. The average molecular weight is 529 g/mol. The summed E-state index contributed by atoms with van der Waals surface area (Å²) in [7, 11) is 1.47. The quantitative estimate of drug-likeness (QED) is 0.254. The van der Waals surface area contributed by atoms with Crippen molar-refractivity contribution >= 4 is 17.7 Å². The van der Waals surface area contributed by atoms with Crippen LogP contribution >= 0.6 is 0 Å². The van der Waals surface area contributed by atoms with Crippen molar-refractivity contribution in [2.75, 3.05) is 13.8 Å². The second kappa shape index (κ2) is 8.51. The maximum absolute atomic E-state index is 14.0. The van der Waals surface area contributed by atoms with E-state index >= 15 is 0 Å². The summed E-state index contributed by atoms with van der Waals surface area (Å²) in [4.78, 5) is 38.8. The molecule has 5 rings (SSSR count). The lowest BCUT2D eigenvalue weighted by atomic mass is 9.32. The molecular weight excluding hydrogens is 483 g/mol. The summed E-state index contributed by atoms with van der Waals surface area (Å²) in [5.41, 5.74) is -1.40. The summed E-state index contributed by atoms with van der Waals surface area (Å²) >= 11 is 0. The van der Waals surface area contributed by atoms with Gasteiger partial charge in [-0.05, 0) is 103 Å². The van der Waals surface area contributed by atoms with Gasteiger partial charge < -0.3 is 9.84 Å². The Kier molecular flexibility index (Phi) is 6.18. The number of carbonyl (C=O) groups excluding carboxylic acids is 2. The zero-order valence-electron chi connectivity index (χ0n) is 24.0. The Hall–Kier alpha value is -1.98. The highest BCUT2D eigenvalue weighted by atomic mass is 19.1. The minimum absolute atomic E-state index is 0.00903. The van der Waals surface area contributed by atoms with Gasteiger partial charge in [-0.3, -0.25) is 9.59 Å². The molecule has 4 fully saturated rings. The molecule has 0 heterocycles. The van der Waals surface area contributed by atoms with Gasteiger partial charge in [-0.25, -0.2) is 9.18 Å². The first-order chi connectivity index (χ1) is 17.7. The lowest BCUT2D eigenvalue weighted by Gasteiger charge is -2.71. The first kappa shape index (κ1) is 27.6. The predicted octanol–water partition coefficient (Wildman–Crippen LogP) is 6.57. The van der Waals surface area contributed by atoms with E-state index in [1.807, 2.05) is 19.9 Å². The van der Waals surface area contributed by atoms with E-state index in [9.17, 15) is 23.9 Å². The van der Waals surface area contributed by atoms with Crippen LogP contribution in [0.5, 0.6) is 0 Å². The van der Waals surface area contributed by atoms with Crippen LogP contribution in [0, 0.1) is 56.7 Å². The molecule has 5 aliphatic carbocycles. The molecule has 0 aliphatic heterocycles. The molecule has 4 saturated carbocycles. The van der Waals surface area contributed by atoms with Crippen LogP contribution in [-0.2, 0) is 19.1 Å². The van der Waals surface area contributed by atoms with Gasteiger partial charge in [-0.15, -0.1) is 0 Å². The van der Waals surface area contributed by atoms with Crippen LogP contribution in [-0.4, -0.2) is 36.6 Å². The number of hydrogen-bond donors (Lipinski definition) is 1. The second-order valence-electron chi connectivity index (χ2n) is 14.6. The van der Waals surface area contributed by atoms with Crippen molar-refractivity contribution in [2.45, 2.75) is 86.0 Å². The third kappa shape index (κ3) is 3.18. The molecule has 210 valence electrons. The first-order valence-corrected chi connectivity index (χ1v) is 14.5. The Morgan fingerprint density at radius 3 is 2.29 bits per heavy atom. The SMILES string of the molecule is C=C(CF)[C@@H]1CC[C@]2(C(=O)OC)CC[C@]3(C)C(CC[C@@H]4[C@@]5(C)C=C(C(=O)O)C(=O)C(C)(C)[C@@H]5CC[C@]43C)[C@@H]12. The average Bonchev–Trinajstić information content (AvgIpc) is 3.26. The molecule has 0 radical (unpaired) electrons. The van der Waals surface area contributed by atoms with E-state index in [0.29, 0.717) is 5.57 Å². The van der Waals surface area contributed by atoms with Gasteiger partial charge in [0.1, 0.15) is 6.67 Å². The molecule has 0 saturated heterocycles. The van der Waals surface area contributed by atoms with Gasteiger partial charge in [-0.2, -0.15) is 0 Å². The van der Waals surface area contributed by atoms with Crippen molar-refractivity contribution in [1.82, 2.24) is 0 Å². The van der Waals surface area contributed by atoms with Gasteiger partial charge in [0.2, 0.25) is 0 Å². The number of allylic oxidation sites excluding steroid dienone is 2. The van der Waals surface area contributed by atoms with Crippen LogP contribution in [0.25, 0.3) is 0 Å². The number of ether oxygens (including phenoxy) is 1. The first-order valence-electron chi connectivity index (χ1n) is 14.5. The highest BCUT2D eigenvalue weighted by molar-refractivity contribution is 6.19. The molecule has 9 atom stereocenters. The number of Topliss-reactive ketones (excluding diaryl/α,β-unsaturated/α-hetero) is 1. The summed E-state index contributed by atoms with van der Waals surface area (Å²) < 4.78 is 19.4. The number of rotatable bonds is 4. The van der Waals surface area contributed by atoms with Crippen LogP contribution in [0.2, 0.25) is 0 Å². The summed E-state index contributed by atoms with van der Waals surface area (Å²) in [5, 5.41) is 9.98. The highest BCUT2D eigenvalue weighted by Crippen LogP contribution is 2.77. The molecule has 6 heteroatoms. The Morgan fingerprint density at radius 2 is 1.68 bits per heavy atom. The summed E-state index contributed by atoms with van der Waals surface area (Å²) in [6, 6.07) is 0. The molecule has 0 aromatic carbocycles. The Morgan fingerprint density at radius 1 is 1.00 bits per heavy atom. The number of aliphatic carboxylic acids is 1. The number of esters is 1. The van der Waals surface area contributed by atoms with Gasteiger partial charge >= 0.3 is 11.9 Å². The van der Waals surface area contributed by atoms with E-state index in [4.69, 9.17) is 4.74 Å². The van der Waals surface area contributed by atoms with Gasteiger partial charge in [-0.1, -0.05) is 47.3 Å². The number of alkyl halides is 1. The lowest BCUT2D eigenvalue weighted by molar-refractivity contribution is -0.222. The van der Waals surface area contributed by atoms with E-state index in [1.165, 1.54) is 7.11 Å². The lowest BCUT2D eigenvalue weighted by Crippen LogP contribution is -2.66. The molecule has 0 bridgehead atoms. The topological polar surface area (TPSA) is 80.7 Å². The van der Waals surface area contributed by atoms with Crippen molar-refractivity contribution in [1.29, 1.82) is 0 Å². The number of carboxylic acid groups (broad SMARTS) is 1. The number of methoxy groups -OCH3 is 1. The fraction of sp³-hybridized carbons (Fsp3) is 0.781. The van der Waals surface area contributed by atoms with Gasteiger partial charge in [0.15, 0.2) is 5.78 Å². The normalized spacial score (nSPS) is 47.1. The molecule has 5 nitrogen and oxygen atoms in total. The number of halogens is 1. The molecule has 0 spiro atoms. The third-order valence-corrected chi connectivity index (χ3v) is 13.3. The molecular formula is C32H45FO5. The van der Waals surface area contributed by atoms with Gasteiger partial charge in [0.25, 0.3) is 0 Å². The van der Waals surface area contributed by atoms with Crippen LogP contribution < -0.4 is 0 Å². The van der Waals surface area contributed by atoms with Crippen molar-refractivity contribution in [3.05, 3.63) is 23.8 Å². The van der Waals surface area contributed by atoms with Crippen LogP contribution in [0.1, 0.15) is 86.0 Å². The molecule has 38 heavy (non-hydrogen) atoms. The molecule has 1 unspecified atom stereocenters. The number of fused-ring (bicyclic) bond motifs is 7.